The van der Waals surface area contributed by atoms with Crippen molar-refractivity contribution in [1.29, 1.82) is 5.26 Å². The molecule has 0 atom stereocenters. The number of benzene rings is 1. The Hall–Kier alpha value is -2.40. The molecule has 0 aromatic heterocycles. The van der Waals surface area contributed by atoms with Gasteiger partial charge < -0.3 is 10.6 Å². The molecule has 8 heteroatoms. The average Bonchev–Trinajstić information content (AvgIpc) is 2.45. The predicted octanol–water partition coefficient (Wildman–Crippen LogP) is 1.23. The van der Waals surface area contributed by atoms with Gasteiger partial charge in [0.1, 0.15) is 5.54 Å². The van der Waals surface area contributed by atoms with Crippen LogP contribution in [0.3, 0.4) is 0 Å². The van der Waals surface area contributed by atoms with E-state index in [1.54, 1.807) is 0 Å². The lowest BCUT2D eigenvalue weighted by molar-refractivity contribution is -0.121. The number of amides is 2. The smallest absolute Gasteiger partial charge is 0.222 e. The summed E-state index contributed by atoms with van der Waals surface area (Å²) in [6.45, 7) is 4.41. The second-order valence-corrected chi connectivity index (χ2v) is 7.67. The highest BCUT2D eigenvalue weighted by molar-refractivity contribution is 7.91. The Morgan fingerprint density at radius 2 is 1.78 bits per heavy atom. The van der Waals surface area contributed by atoms with E-state index in [0.29, 0.717) is 5.69 Å². The van der Waals surface area contributed by atoms with E-state index in [0.717, 1.165) is 0 Å². The third-order valence-corrected chi connectivity index (χ3v) is 4.60. The number of carbonyl (C=O) groups is 2. The average molecular weight is 337 g/mol. The number of nitrogens with zero attached hydrogens (tertiary/aromatic N) is 1. The molecule has 0 aliphatic heterocycles. The van der Waals surface area contributed by atoms with E-state index in [1.807, 2.05) is 6.07 Å². The van der Waals surface area contributed by atoms with Gasteiger partial charge in [-0.2, -0.15) is 5.26 Å². The summed E-state index contributed by atoms with van der Waals surface area (Å²) in [5, 5.41) is 13.8. The van der Waals surface area contributed by atoms with Crippen LogP contribution in [0.15, 0.2) is 29.2 Å². The fraction of sp³-hybridized carbons (Fsp3) is 0.400. The largest absolute Gasteiger partial charge is 0.338 e. The minimum absolute atomic E-state index is 0.0685. The fourth-order valence-electron chi connectivity index (χ4n) is 1.73. The van der Waals surface area contributed by atoms with Crippen molar-refractivity contribution in [2.24, 2.45) is 0 Å². The SMILES string of the molecule is CC(=O)Nc1ccc(S(=O)(=O)CCC(=O)NC(C)(C)C#N)cc1. The quantitative estimate of drug-likeness (QED) is 0.810. The molecule has 1 aromatic carbocycles. The molecule has 0 saturated heterocycles. The molecule has 0 bridgehead atoms. The van der Waals surface area contributed by atoms with E-state index in [1.165, 1.54) is 45.0 Å². The molecule has 0 unspecified atom stereocenters. The van der Waals surface area contributed by atoms with Crippen LogP contribution < -0.4 is 10.6 Å². The molecule has 1 rings (SSSR count). The van der Waals surface area contributed by atoms with Crippen molar-refractivity contribution < 1.29 is 18.0 Å². The first-order valence-electron chi connectivity index (χ1n) is 6.88. The molecule has 7 nitrogen and oxygen atoms in total. The molecule has 0 aliphatic rings. The summed E-state index contributed by atoms with van der Waals surface area (Å²) in [6.07, 6.45) is -0.235. The number of hydrogen-bond donors (Lipinski definition) is 2. The van der Waals surface area contributed by atoms with Crippen LogP contribution in [0.2, 0.25) is 0 Å². The Bertz CT molecular complexity index is 731. The minimum atomic E-state index is -3.62. The second kappa shape index (κ2) is 7.24. The van der Waals surface area contributed by atoms with Gasteiger partial charge >= 0.3 is 0 Å². The van der Waals surface area contributed by atoms with Crippen LogP contribution in [-0.2, 0) is 19.4 Å². The van der Waals surface area contributed by atoms with E-state index < -0.39 is 21.3 Å². The van der Waals surface area contributed by atoms with E-state index in [2.05, 4.69) is 10.6 Å². The van der Waals surface area contributed by atoms with Crippen LogP contribution in [-0.4, -0.2) is 31.5 Å². The van der Waals surface area contributed by atoms with Crippen LogP contribution in [0.25, 0.3) is 0 Å². The first kappa shape index (κ1) is 18.6. The third kappa shape index (κ3) is 6.08. The normalized spacial score (nSPS) is 11.4. The van der Waals surface area contributed by atoms with Gasteiger partial charge in [0.2, 0.25) is 11.8 Å². The summed E-state index contributed by atoms with van der Waals surface area (Å²) in [6, 6.07) is 7.61. The van der Waals surface area contributed by atoms with Gasteiger partial charge in [0, 0.05) is 19.0 Å². The number of carbonyl (C=O) groups excluding carboxylic acids is 2. The zero-order valence-corrected chi connectivity index (χ0v) is 14.0. The van der Waals surface area contributed by atoms with Crippen LogP contribution >= 0.6 is 0 Å². The maximum Gasteiger partial charge on any atom is 0.222 e. The topological polar surface area (TPSA) is 116 Å². The third-order valence-electron chi connectivity index (χ3n) is 2.86. The number of nitriles is 1. The highest BCUT2D eigenvalue weighted by Gasteiger charge is 2.22. The summed E-state index contributed by atoms with van der Waals surface area (Å²) in [4.78, 5) is 22.7. The van der Waals surface area contributed by atoms with Crippen LogP contribution in [0.4, 0.5) is 5.69 Å². The summed E-state index contributed by atoms with van der Waals surface area (Å²) >= 11 is 0. The molecule has 0 saturated carbocycles. The molecule has 0 radical (unpaired) electrons. The van der Waals surface area contributed by atoms with Gasteiger partial charge in [0.15, 0.2) is 9.84 Å². The summed E-state index contributed by atoms with van der Waals surface area (Å²) in [5.41, 5.74) is -0.550. The Kier molecular flexibility index (Phi) is 5.87. The maximum atomic E-state index is 12.2. The van der Waals surface area contributed by atoms with Gasteiger partial charge in [-0.25, -0.2) is 8.42 Å². The number of nitrogens with one attached hydrogen (secondary N) is 2. The number of rotatable bonds is 6. The minimum Gasteiger partial charge on any atom is -0.338 e. The van der Waals surface area contributed by atoms with Crippen molar-refractivity contribution in [3.8, 4) is 6.07 Å². The maximum absolute atomic E-state index is 12.2. The molecule has 2 N–H and O–H groups in total. The van der Waals surface area contributed by atoms with Crippen LogP contribution in [0.1, 0.15) is 27.2 Å². The van der Waals surface area contributed by atoms with Crippen molar-refractivity contribution in [2.45, 2.75) is 37.6 Å². The van der Waals surface area contributed by atoms with Crippen molar-refractivity contribution in [3.63, 3.8) is 0 Å². The number of sulfone groups is 1. The molecular formula is C15H19N3O4S. The first-order valence-corrected chi connectivity index (χ1v) is 8.54. The summed E-state index contributed by atoms with van der Waals surface area (Å²) < 4.78 is 24.3. The Morgan fingerprint density at radius 3 is 2.26 bits per heavy atom. The van der Waals surface area contributed by atoms with E-state index in [-0.39, 0.29) is 23.0 Å². The van der Waals surface area contributed by atoms with E-state index in [4.69, 9.17) is 5.26 Å². The standard InChI is InChI=1S/C15H19N3O4S/c1-11(19)17-12-4-6-13(7-5-12)23(21,22)9-8-14(20)18-15(2,3)10-16/h4-7H,8-9H2,1-3H3,(H,17,19)(H,18,20). The molecule has 1 aromatic rings. The van der Waals surface area contributed by atoms with Gasteiger partial charge in [-0.1, -0.05) is 0 Å². The Morgan fingerprint density at radius 1 is 1.22 bits per heavy atom. The van der Waals surface area contributed by atoms with Crippen molar-refractivity contribution in [3.05, 3.63) is 24.3 Å². The molecule has 0 spiro atoms. The molecule has 0 aliphatic carbocycles. The van der Waals surface area contributed by atoms with Crippen molar-refractivity contribution in [1.82, 2.24) is 5.32 Å². The lowest BCUT2D eigenvalue weighted by Crippen LogP contribution is -2.42. The van der Waals surface area contributed by atoms with Gasteiger partial charge in [-0.05, 0) is 38.1 Å². The Labute approximate surface area is 135 Å². The van der Waals surface area contributed by atoms with E-state index in [9.17, 15) is 18.0 Å². The number of hydrogen-bond acceptors (Lipinski definition) is 5. The molecular weight excluding hydrogens is 318 g/mol. The van der Waals surface area contributed by atoms with Crippen LogP contribution in [0.5, 0.6) is 0 Å². The monoisotopic (exact) mass is 337 g/mol. The second-order valence-electron chi connectivity index (χ2n) is 5.56. The number of anilines is 1. The van der Waals surface area contributed by atoms with Crippen molar-refractivity contribution in [2.75, 3.05) is 11.1 Å². The first-order chi connectivity index (χ1) is 10.6. The van der Waals surface area contributed by atoms with Gasteiger partial charge in [-0.15, -0.1) is 0 Å². The Balaban J connectivity index is 2.71. The highest BCUT2D eigenvalue weighted by atomic mass is 32.2. The highest BCUT2D eigenvalue weighted by Crippen LogP contribution is 2.16. The van der Waals surface area contributed by atoms with E-state index >= 15 is 0 Å². The van der Waals surface area contributed by atoms with Crippen LogP contribution in [0, 0.1) is 11.3 Å². The summed E-state index contributed by atoms with van der Waals surface area (Å²) in [5.74, 6) is -1.12. The van der Waals surface area contributed by atoms with Crippen molar-refractivity contribution >= 4 is 27.3 Å². The van der Waals surface area contributed by atoms with Gasteiger partial charge in [0.25, 0.3) is 0 Å². The summed E-state index contributed by atoms with van der Waals surface area (Å²) in [7, 11) is -3.62. The molecule has 124 valence electrons. The lowest BCUT2D eigenvalue weighted by Gasteiger charge is -2.17. The fourth-order valence-corrected chi connectivity index (χ4v) is 2.97. The molecule has 0 fully saturated rings. The molecule has 0 heterocycles. The molecule has 2 amide bonds. The predicted molar refractivity (Wildman–Crippen MR) is 85.3 cm³/mol. The van der Waals surface area contributed by atoms with Gasteiger partial charge in [0.05, 0.1) is 16.7 Å². The zero-order valence-electron chi connectivity index (χ0n) is 13.2. The zero-order chi connectivity index (χ0) is 17.7. The lowest BCUT2D eigenvalue weighted by atomic mass is 10.1. The molecule has 23 heavy (non-hydrogen) atoms. The van der Waals surface area contributed by atoms with Gasteiger partial charge in [-0.3, -0.25) is 9.59 Å².